The lowest BCUT2D eigenvalue weighted by molar-refractivity contribution is -0.112. The van der Waals surface area contributed by atoms with Crippen LogP contribution in [0.2, 0.25) is 0 Å². The zero-order valence-electron chi connectivity index (χ0n) is 9.59. The van der Waals surface area contributed by atoms with Crippen molar-refractivity contribution < 1.29 is 4.79 Å². The zero-order chi connectivity index (χ0) is 12.1. The van der Waals surface area contributed by atoms with E-state index in [2.05, 4.69) is 11.1 Å². The van der Waals surface area contributed by atoms with Crippen molar-refractivity contribution in [1.29, 1.82) is 0 Å². The van der Waals surface area contributed by atoms with Crippen molar-refractivity contribution in [3.63, 3.8) is 0 Å². The van der Waals surface area contributed by atoms with Crippen LogP contribution in [0.15, 0.2) is 52.5 Å². The number of nitrogens with zero attached hydrogens (tertiary/aromatic N) is 1. The lowest BCUT2D eigenvalue weighted by atomic mass is 10.2. The summed E-state index contributed by atoms with van der Waals surface area (Å²) in [5.74, 6) is 0.0957. The summed E-state index contributed by atoms with van der Waals surface area (Å²) in [7, 11) is 0. The highest BCUT2D eigenvalue weighted by Crippen LogP contribution is 2.22. The van der Waals surface area contributed by atoms with E-state index in [0.29, 0.717) is 11.5 Å². The summed E-state index contributed by atoms with van der Waals surface area (Å²) in [6, 6.07) is 10.0. The number of rotatable bonds is 2. The van der Waals surface area contributed by atoms with E-state index in [1.807, 2.05) is 37.3 Å². The molecule has 0 saturated carbocycles. The van der Waals surface area contributed by atoms with E-state index in [4.69, 9.17) is 0 Å². The van der Waals surface area contributed by atoms with Crippen molar-refractivity contribution in [1.82, 2.24) is 0 Å². The molecular weight excluding hydrogens is 230 g/mol. The van der Waals surface area contributed by atoms with Gasteiger partial charge in [-0.15, -0.1) is 0 Å². The Morgan fingerprint density at radius 1 is 1.35 bits per heavy atom. The first-order valence-corrected chi connectivity index (χ1v) is 6.24. The van der Waals surface area contributed by atoms with E-state index < -0.39 is 0 Å². The van der Waals surface area contributed by atoms with Crippen LogP contribution in [0.25, 0.3) is 6.08 Å². The Hall–Kier alpha value is -1.61. The topological polar surface area (TPSA) is 29.4 Å². The van der Waals surface area contributed by atoms with E-state index in [1.165, 1.54) is 11.8 Å². The Morgan fingerprint density at radius 2 is 2.12 bits per heavy atom. The third-order valence-corrected chi connectivity index (χ3v) is 3.23. The van der Waals surface area contributed by atoms with Crippen LogP contribution in [0.3, 0.4) is 0 Å². The predicted molar refractivity (Wildman–Crippen MR) is 73.9 cm³/mol. The monoisotopic (exact) mass is 243 g/mol. The van der Waals surface area contributed by atoms with Crippen LogP contribution >= 0.6 is 11.8 Å². The third-order valence-electron chi connectivity index (χ3n) is 2.27. The van der Waals surface area contributed by atoms with Crippen LogP contribution < -0.4 is 0 Å². The first-order chi connectivity index (χ1) is 8.25. The van der Waals surface area contributed by atoms with Gasteiger partial charge in [-0.1, -0.05) is 48.2 Å². The average molecular weight is 243 g/mol. The molecule has 0 atom stereocenters. The third kappa shape index (κ3) is 3.43. The molecule has 2 nitrogen and oxygen atoms in total. The largest absolute Gasteiger partial charge is 0.291 e. The van der Waals surface area contributed by atoms with Crippen LogP contribution in [0, 0.1) is 0 Å². The van der Waals surface area contributed by atoms with Gasteiger partial charge in [0.25, 0.3) is 0 Å². The van der Waals surface area contributed by atoms with E-state index in [-0.39, 0.29) is 5.78 Å². The smallest absolute Gasteiger partial charge is 0.191 e. The second kappa shape index (κ2) is 5.64. The molecule has 1 aliphatic heterocycles. The molecule has 1 aromatic carbocycles. The minimum Gasteiger partial charge on any atom is -0.291 e. The molecule has 17 heavy (non-hydrogen) atoms. The highest BCUT2D eigenvalue weighted by molar-refractivity contribution is 8.19. The number of allylic oxidation sites excluding steroid dienone is 2. The molecule has 0 aliphatic carbocycles. The Bertz CT molecular complexity index is 500. The molecule has 86 valence electrons. The number of thioether (sulfide) groups is 1. The summed E-state index contributed by atoms with van der Waals surface area (Å²) in [5, 5.41) is 0.581. The van der Waals surface area contributed by atoms with Crippen molar-refractivity contribution in [2.75, 3.05) is 0 Å². The molecule has 1 aliphatic rings. The first-order valence-electron chi connectivity index (χ1n) is 5.43. The fourth-order valence-corrected chi connectivity index (χ4v) is 2.30. The van der Waals surface area contributed by atoms with Crippen LogP contribution in [0.4, 0.5) is 0 Å². The fraction of sp³-hybridized carbons (Fsp3) is 0.143. The first kappa shape index (κ1) is 11.9. The number of aliphatic imine (C=N–C) groups is 1. The van der Waals surface area contributed by atoms with Crippen molar-refractivity contribution >= 4 is 28.7 Å². The van der Waals surface area contributed by atoms with Crippen LogP contribution in [-0.4, -0.2) is 10.8 Å². The second-order valence-corrected chi connectivity index (χ2v) is 4.95. The van der Waals surface area contributed by atoms with Crippen molar-refractivity contribution in [2.24, 2.45) is 4.99 Å². The fourth-order valence-electron chi connectivity index (χ4n) is 1.49. The van der Waals surface area contributed by atoms with Crippen molar-refractivity contribution in [2.45, 2.75) is 13.3 Å². The minimum atomic E-state index is 0.0957. The van der Waals surface area contributed by atoms with E-state index in [1.54, 1.807) is 12.3 Å². The Morgan fingerprint density at radius 3 is 2.82 bits per heavy atom. The maximum atomic E-state index is 11.6. The summed E-state index contributed by atoms with van der Waals surface area (Å²) in [6.07, 6.45) is 5.99. The number of Topliss-reactive ketones (excluding diaryl/α,β-unsaturated/α-hetero) is 1. The normalized spacial score (nSPS) is 15.9. The quantitative estimate of drug-likeness (QED) is 0.793. The van der Waals surface area contributed by atoms with Crippen LogP contribution in [0.5, 0.6) is 0 Å². The van der Waals surface area contributed by atoms with Gasteiger partial charge < -0.3 is 0 Å². The standard InChI is InChI=1S/C14H13NOS/c1-11(10-12-6-3-2-4-7-12)17-14-13(16)8-5-9-15-14/h2-7,9-10H,8H2,1H3. The van der Waals surface area contributed by atoms with E-state index in [9.17, 15) is 4.79 Å². The zero-order valence-corrected chi connectivity index (χ0v) is 10.4. The average Bonchev–Trinajstić information content (AvgIpc) is 2.33. The summed E-state index contributed by atoms with van der Waals surface area (Å²) >= 11 is 1.43. The van der Waals surface area contributed by atoms with Crippen LogP contribution in [0.1, 0.15) is 18.9 Å². The molecule has 2 rings (SSSR count). The number of carbonyl (C=O) groups excluding carboxylic acids is 1. The molecule has 0 aromatic heterocycles. The van der Waals surface area contributed by atoms with Gasteiger partial charge in [0, 0.05) is 12.6 Å². The molecule has 0 unspecified atom stereocenters. The molecule has 1 aromatic rings. The summed E-state index contributed by atoms with van der Waals surface area (Å²) in [6.45, 7) is 1.99. The maximum absolute atomic E-state index is 11.6. The molecule has 0 fully saturated rings. The Labute approximate surface area is 105 Å². The van der Waals surface area contributed by atoms with Gasteiger partial charge >= 0.3 is 0 Å². The predicted octanol–water partition coefficient (Wildman–Crippen LogP) is 3.67. The second-order valence-electron chi connectivity index (χ2n) is 3.71. The molecule has 3 heteroatoms. The molecular formula is C14H13NOS. The highest BCUT2D eigenvalue weighted by Gasteiger charge is 2.13. The minimum absolute atomic E-state index is 0.0957. The maximum Gasteiger partial charge on any atom is 0.191 e. The highest BCUT2D eigenvalue weighted by atomic mass is 32.2. The van der Waals surface area contributed by atoms with E-state index in [0.717, 1.165) is 10.5 Å². The van der Waals surface area contributed by atoms with Gasteiger partial charge in [-0.2, -0.15) is 0 Å². The molecule has 0 radical (unpaired) electrons. The van der Waals surface area contributed by atoms with Gasteiger partial charge in [0.1, 0.15) is 5.04 Å². The van der Waals surface area contributed by atoms with Gasteiger partial charge in [0.15, 0.2) is 5.78 Å². The Kier molecular flexibility index (Phi) is 3.94. The van der Waals surface area contributed by atoms with Gasteiger partial charge in [-0.05, 0) is 23.5 Å². The van der Waals surface area contributed by atoms with Crippen molar-refractivity contribution in [3.8, 4) is 0 Å². The molecule has 1 heterocycles. The Balaban J connectivity index is 2.09. The molecule has 0 spiro atoms. The SMILES string of the molecule is CC(=Cc1ccccc1)SC1=NC=CCC1=O. The number of ketones is 1. The van der Waals surface area contributed by atoms with Crippen LogP contribution in [-0.2, 0) is 4.79 Å². The molecule has 0 saturated heterocycles. The summed E-state index contributed by atoms with van der Waals surface area (Å²) < 4.78 is 0. The number of carbonyl (C=O) groups is 1. The molecule has 0 bridgehead atoms. The molecule has 0 N–H and O–H groups in total. The molecule has 0 amide bonds. The number of hydrogen-bond donors (Lipinski definition) is 0. The lowest BCUT2D eigenvalue weighted by Crippen LogP contribution is -2.10. The van der Waals surface area contributed by atoms with E-state index >= 15 is 0 Å². The number of benzene rings is 1. The van der Waals surface area contributed by atoms with Gasteiger partial charge in [0.05, 0.1) is 0 Å². The number of hydrogen-bond acceptors (Lipinski definition) is 3. The van der Waals surface area contributed by atoms with Gasteiger partial charge in [-0.3, -0.25) is 4.79 Å². The van der Waals surface area contributed by atoms with Crippen molar-refractivity contribution in [3.05, 3.63) is 53.1 Å². The lowest BCUT2D eigenvalue weighted by Gasteiger charge is -2.06. The van der Waals surface area contributed by atoms with Gasteiger partial charge in [0.2, 0.25) is 0 Å². The van der Waals surface area contributed by atoms with Gasteiger partial charge in [-0.25, -0.2) is 4.99 Å². The summed E-state index contributed by atoms with van der Waals surface area (Å²) in [4.78, 5) is 16.7. The summed E-state index contributed by atoms with van der Waals surface area (Å²) in [5.41, 5.74) is 1.14.